The number of carbonyl (C=O) groups excluding carboxylic acids is 1. The Hall–Kier alpha value is -1.70. The summed E-state index contributed by atoms with van der Waals surface area (Å²) in [7, 11) is 0. The van der Waals surface area contributed by atoms with Gasteiger partial charge in [-0.15, -0.1) is 0 Å². The zero-order valence-electron chi connectivity index (χ0n) is 9.64. The molecule has 0 aromatic heterocycles. The SMILES string of the molecule is NC(=S)NNC(=S)NC(=O)C=Cc1ccccc1Cl. The highest BCUT2D eigenvalue weighted by Crippen LogP contribution is 2.15. The highest BCUT2D eigenvalue weighted by Gasteiger charge is 2.01. The number of benzene rings is 1. The van der Waals surface area contributed by atoms with E-state index >= 15 is 0 Å². The molecule has 0 aliphatic heterocycles. The maximum atomic E-state index is 11.5. The third-order valence-electron chi connectivity index (χ3n) is 1.86. The van der Waals surface area contributed by atoms with E-state index in [-0.39, 0.29) is 10.2 Å². The Bertz CT molecular complexity index is 533. The first-order chi connectivity index (χ1) is 8.99. The number of hydrogen-bond donors (Lipinski definition) is 4. The van der Waals surface area contributed by atoms with Gasteiger partial charge in [-0.05, 0) is 42.1 Å². The highest BCUT2D eigenvalue weighted by molar-refractivity contribution is 7.80. The molecule has 0 atom stereocenters. The Balaban J connectivity index is 2.49. The number of thiocarbonyl (C=S) groups is 2. The van der Waals surface area contributed by atoms with E-state index in [1.54, 1.807) is 24.3 Å². The van der Waals surface area contributed by atoms with Crippen molar-refractivity contribution in [3.63, 3.8) is 0 Å². The molecule has 0 fully saturated rings. The number of hydrogen-bond acceptors (Lipinski definition) is 3. The van der Waals surface area contributed by atoms with E-state index in [0.717, 1.165) is 5.56 Å². The number of nitrogens with two attached hydrogens (primary N) is 1. The van der Waals surface area contributed by atoms with Crippen LogP contribution in [0.4, 0.5) is 0 Å². The van der Waals surface area contributed by atoms with Crippen LogP contribution in [0.5, 0.6) is 0 Å². The van der Waals surface area contributed by atoms with Crippen LogP contribution in [0, 0.1) is 0 Å². The van der Waals surface area contributed by atoms with Crippen molar-refractivity contribution in [2.75, 3.05) is 0 Å². The standard InChI is InChI=1S/C11H11ClN4OS2/c12-8-4-2-1-3-7(8)5-6-9(17)14-11(19)16-15-10(13)18/h1-6H,(H3,13,15,18)(H2,14,16,17,19). The summed E-state index contributed by atoms with van der Waals surface area (Å²) < 4.78 is 0. The van der Waals surface area contributed by atoms with Gasteiger partial charge in [-0.25, -0.2) is 0 Å². The van der Waals surface area contributed by atoms with E-state index in [9.17, 15) is 4.79 Å². The molecule has 100 valence electrons. The maximum Gasteiger partial charge on any atom is 0.250 e. The average molecular weight is 315 g/mol. The molecule has 0 aliphatic rings. The lowest BCUT2D eigenvalue weighted by Crippen LogP contribution is -2.49. The molecule has 8 heteroatoms. The van der Waals surface area contributed by atoms with E-state index in [0.29, 0.717) is 5.02 Å². The van der Waals surface area contributed by atoms with E-state index in [4.69, 9.17) is 29.6 Å². The first kappa shape index (κ1) is 15.4. The molecule has 1 amide bonds. The van der Waals surface area contributed by atoms with Gasteiger partial charge in [0.25, 0.3) is 0 Å². The third-order valence-corrected chi connectivity index (χ3v) is 2.51. The van der Waals surface area contributed by atoms with Gasteiger partial charge in [0, 0.05) is 11.1 Å². The van der Waals surface area contributed by atoms with Crippen LogP contribution in [0.2, 0.25) is 5.02 Å². The Morgan fingerprint density at radius 1 is 1.26 bits per heavy atom. The summed E-state index contributed by atoms with van der Waals surface area (Å²) in [4.78, 5) is 11.5. The molecular weight excluding hydrogens is 304 g/mol. The number of rotatable bonds is 2. The molecule has 0 unspecified atom stereocenters. The molecule has 0 saturated heterocycles. The van der Waals surface area contributed by atoms with Gasteiger partial charge in [0.05, 0.1) is 0 Å². The largest absolute Gasteiger partial charge is 0.375 e. The lowest BCUT2D eigenvalue weighted by Gasteiger charge is -2.08. The summed E-state index contributed by atoms with van der Waals surface area (Å²) in [5, 5.41) is 3.03. The molecule has 19 heavy (non-hydrogen) atoms. The number of halogens is 1. The van der Waals surface area contributed by atoms with Crippen molar-refractivity contribution >= 4 is 58.2 Å². The molecule has 0 spiro atoms. The fraction of sp³-hybridized carbons (Fsp3) is 0. The summed E-state index contributed by atoms with van der Waals surface area (Å²) in [6.45, 7) is 0. The monoisotopic (exact) mass is 314 g/mol. The topological polar surface area (TPSA) is 79.2 Å². The van der Waals surface area contributed by atoms with E-state index in [2.05, 4.69) is 28.4 Å². The quantitative estimate of drug-likeness (QED) is 0.372. The molecular formula is C11H11ClN4OS2. The van der Waals surface area contributed by atoms with Gasteiger partial charge in [-0.1, -0.05) is 29.8 Å². The predicted molar refractivity (Wildman–Crippen MR) is 84.3 cm³/mol. The molecule has 0 bridgehead atoms. The zero-order valence-corrected chi connectivity index (χ0v) is 12.0. The van der Waals surface area contributed by atoms with Crippen LogP contribution < -0.4 is 21.9 Å². The summed E-state index contributed by atoms with van der Waals surface area (Å²) in [6, 6.07) is 7.15. The van der Waals surface area contributed by atoms with Crippen molar-refractivity contribution in [2.45, 2.75) is 0 Å². The van der Waals surface area contributed by atoms with Gasteiger partial charge >= 0.3 is 0 Å². The third kappa shape index (κ3) is 6.14. The Morgan fingerprint density at radius 2 is 1.95 bits per heavy atom. The fourth-order valence-electron chi connectivity index (χ4n) is 1.08. The summed E-state index contributed by atoms with van der Waals surface area (Å²) >= 11 is 15.3. The molecule has 1 aromatic rings. The van der Waals surface area contributed by atoms with E-state index < -0.39 is 5.91 Å². The van der Waals surface area contributed by atoms with E-state index in [1.807, 2.05) is 6.07 Å². The molecule has 5 nitrogen and oxygen atoms in total. The molecule has 1 aromatic carbocycles. The zero-order chi connectivity index (χ0) is 14.3. The second-order valence-electron chi connectivity index (χ2n) is 3.29. The van der Waals surface area contributed by atoms with Crippen LogP contribution in [0.15, 0.2) is 30.3 Å². The lowest BCUT2D eigenvalue weighted by atomic mass is 10.2. The van der Waals surface area contributed by atoms with Crippen LogP contribution in [0.25, 0.3) is 6.08 Å². The van der Waals surface area contributed by atoms with E-state index in [1.165, 1.54) is 6.08 Å². The van der Waals surface area contributed by atoms with Crippen molar-refractivity contribution < 1.29 is 4.79 Å². The minimum Gasteiger partial charge on any atom is -0.375 e. The normalized spacial score (nSPS) is 9.95. The van der Waals surface area contributed by atoms with Crippen molar-refractivity contribution in [2.24, 2.45) is 5.73 Å². The van der Waals surface area contributed by atoms with Gasteiger partial charge in [0.1, 0.15) is 0 Å². The number of carbonyl (C=O) groups is 1. The van der Waals surface area contributed by atoms with Gasteiger partial charge in [0.2, 0.25) is 5.91 Å². The predicted octanol–water partition coefficient (Wildman–Crippen LogP) is 1.09. The number of nitrogens with one attached hydrogen (secondary N) is 3. The summed E-state index contributed by atoms with van der Waals surface area (Å²) in [5.41, 5.74) is 10.8. The minimum atomic E-state index is -0.401. The van der Waals surface area contributed by atoms with Crippen LogP contribution in [-0.4, -0.2) is 16.1 Å². The van der Waals surface area contributed by atoms with Gasteiger partial charge in [0.15, 0.2) is 10.2 Å². The van der Waals surface area contributed by atoms with Crippen molar-refractivity contribution in [1.82, 2.24) is 16.2 Å². The van der Waals surface area contributed by atoms with Crippen molar-refractivity contribution in [3.05, 3.63) is 40.9 Å². The molecule has 0 radical (unpaired) electrons. The lowest BCUT2D eigenvalue weighted by molar-refractivity contribution is -0.115. The maximum absolute atomic E-state index is 11.5. The van der Waals surface area contributed by atoms with Gasteiger partial charge in [-0.3, -0.25) is 21.0 Å². The van der Waals surface area contributed by atoms with Crippen molar-refractivity contribution in [1.29, 1.82) is 0 Å². The van der Waals surface area contributed by atoms with Crippen LogP contribution in [0.3, 0.4) is 0 Å². The number of amides is 1. The van der Waals surface area contributed by atoms with Crippen LogP contribution in [-0.2, 0) is 4.79 Å². The molecule has 0 heterocycles. The first-order valence-corrected chi connectivity index (χ1v) is 6.27. The second-order valence-corrected chi connectivity index (χ2v) is 4.54. The molecule has 0 saturated carbocycles. The molecule has 0 aliphatic carbocycles. The Labute approximate surface area is 126 Å². The minimum absolute atomic E-state index is 0.0169. The smallest absolute Gasteiger partial charge is 0.250 e. The van der Waals surface area contributed by atoms with Gasteiger partial charge in [-0.2, -0.15) is 0 Å². The molecule has 5 N–H and O–H groups in total. The fourth-order valence-corrected chi connectivity index (χ4v) is 1.48. The Morgan fingerprint density at radius 3 is 2.58 bits per heavy atom. The first-order valence-electron chi connectivity index (χ1n) is 5.08. The van der Waals surface area contributed by atoms with Crippen molar-refractivity contribution in [3.8, 4) is 0 Å². The number of hydrazine groups is 1. The van der Waals surface area contributed by atoms with Crippen LogP contribution >= 0.6 is 36.0 Å². The summed E-state index contributed by atoms with van der Waals surface area (Å²) in [5.74, 6) is -0.401. The van der Waals surface area contributed by atoms with Gasteiger partial charge < -0.3 is 5.73 Å². The average Bonchev–Trinajstić information content (AvgIpc) is 2.35. The summed E-state index contributed by atoms with van der Waals surface area (Å²) in [6.07, 6.45) is 2.90. The Kier molecular flexibility index (Phi) is 6.20. The molecule has 1 rings (SSSR count). The van der Waals surface area contributed by atoms with Crippen LogP contribution in [0.1, 0.15) is 5.56 Å². The second kappa shape index (κ2) is 7.67. The highest BCUT2D eigenvalue weighted by atomic mass is 35.5.